The largest absolute Gasteiger partial charge is 0.487 e. The minimum atomic E-state index is -1.01. The monoisotopic (exact) mass is 424 g/mol. The molecular weight excluding hydrogens is 400 g/mol. The number of aryl methyl sites for hydroxylation is 1. The van der Waals surface area contributed by atoms with Gasteiger partial charge in [0, 0.05) is 26.9 Å². The number of nitrogens with zero attached hydrogens (tertiary/aromatic N) is 2. The van der Waals surface area contributed by atoms with E-state index >= 15 is 0 Å². The van der Waals surface area contributed by atoms with Gasteiger partial charge in [0.05, 0.1) is 4.47 Å². The summed E-state index contributed by atoms with van der Waals surface area (Å²) in [5.74, 6) is 1.37. The van der Waals surface area contributed by atoms with Crippen molar-refractivity contribution >= 4 is 15.9 Å². The first-order valence-electron chi connectivity index (χ1n) is 8.91. The Morgan fingerprint density at radius 3 is 2.65 bits per heavy atom. The minimum absolute atomic E-state index is 0.309. The van der Waals surface area contributed by atoms with E-state index in [-0.39, 0.29) is 0 Å². The Hall–Kier alpha value is -1.41. The number of hydrogen-bond acceptors (Lipinski definition) is 5. The Labute approximate surface area is 162 Å². The Balaban J connectivity index is 1.63. The van der Waals surface area contributed by atoms with E-state index in [9.17, 15) is 5.11 Å². The molecule has 0 bridgehead atoms. The molecule has 2 aromatic rings. The van der Waals surface area contributed by atoms with Gasteiger partial charge < -0.3 is 19.3 Å². The normalized spacial score (nSPS) is 16.6. The van der Waals surface area contributed by atoms with Gasteiger partial charge in [0.2, 0.25) is 0 Å². The molecule has 7 heteroatoms. The molecule has 1 atom stereocenters. The molecule has 1 aliphatic rings. The maximum atomic E-state index is 10.1. The van der Waals surface area contributed by atoms with Crippen molar-refractivity contribution in [1.82, 2.24) is 9.78 Å². The highest BCUT2D eigenvalue weighted by atomic mass is 79.9. The fraction of sp³-hybridized carbons (Fsp3) is 0.526. The second-order valence-corrected chi connectivity index (χ2v) is 7.11. The van der Waals surface area contributed by atoms with Crippen LogP contribution < -0.4 is 4.74 Å². The van der Waals surface area contributed by atoms with E-state index in [1.54, 1.807) is 11.7 Å². The van der Waals surface area contributed by atoms with Gasteiger partial charge in [-0.15, -0.1) is 0 Å². The van der Waals surface area contributed by atoms with E-state index in [4.69, 9.17) is 14.2 Å². The van der Waals surface area contributed by atoms with Crippen LogP contribution in [0.4, 0.5) is 0 Å². The van der Waals surface area contributed by atoms with Crippen molar-refractivity contribution < 1.29 is 19.3 Å². The van der Waals surface area contributed by atoms with Crippen LogP contribution in [0.25, 0.3) is 0 Å². The van der Waals surface area contributed by atoms with E-state index in [0.29, 0.717) is 29.3 Å². The Kier molecular flexibility index (Phi) is 6.69. The first kappa shape index (κ1) is 19.4. The molecule has 3 rings (SSSR count). The third-order valence-electron chi connectivity index (χ3n) is 4.60. The summed E-state index contributed by atoms with van der Waals surface area (Å²) in [4.78, 5) is 0. The molecule has 1 aromatic carbocycles. The van der Waals surface area contributed by atoms with Crippen molar-refractivity contribution in [2.75, 3.05) is 19.8 Å². The van der Waals surface area contributed by atoms with Gasteiger partial charge in [-0.3, -0.25) is 4.68 Å². The van der Waals surface area contributed by atoms with Gasteiger partial charge in [-0.25, -0.2) is 0 Å². The summed E-state index contributed by atoms with van der Waals surface area (Å²) in [6.45, 7) is 4.24. The van der Waals surface area contributed by atoms with Crippen LogP contribution in [0.2, 0.25) is 0 Å². The number of aromatic nitrogens is 2. The van der Waals surface area contributed by atoms with Gasteiger partial charge in [-0.05, 0) is 59.3 Å². The van der Waals surface area contributed by atoms with Crippen molar-refractivity contribution in [1.29, 1.82) is 0 Å². The molecule has 26 heavy (non-hydrogen) atoms. The Morgan fingerprint density at radius 2 is 2.00 bits per heavy atom. The molecule has 2 heterocycles. The number of hydrogen-bond donors (Lipinski definition) is 1. The summed E-state index contributed by atoms with van der Waals surface area (Å²) in [5.41, 5.74) is 2.64. The fourth-order valence-corrected chi connectivity index (χ4v) is 3.83. The molecule has 1 fully saturated rings. The molecule has 1 aromatic heterocycles. The lowest BCUT2D eigenvalue weighted by atomic mass is 9.92. The molecule has 0 amide bonds. The SMILES string of the molecule is CCOC(O)c1c(Br)c(COc2ccc(C3CCOCC3)cc2)nn1C. The zero-order valence-corrected chi connectivity index (χ0v) is 16.7. The molecule has 0 spiro atoms. The van der Waals surface area contributed by atoms with Gasteiger partial charge in [0.15, 0.2) is 6.29 Å². The summed E-state index contributed by atoms with van der Waals surface area (Å²) in [7, 11) is 1.77. The predicted molar refractivity (Wildman–Crippen MR) is 101 cm³/mol. The summed E-state index contributed by atoms with van der Waals surface area (Å²) in [5, 5.41) is 14.5. The van der Waals surface area contributed by atoms with Crippen LogP contribution in [-0.2, 0) is 23.1 Å². The van der Waals surface area contributed by atoms with E-state index in [1.165, 1.54) is 5.56 Å². The highest BCUT2D eigenvalue weighted by Crippen LogP contribution is 2.30. The van der Waals surface area contributed by atoms with E-state index in [1.807, 2.05) is 19.1 Å². The van der Waals surface area contributed by atoms with E-state index in [0.717, 1.165) is 37.5 Å². The zero-order chi connectivity index (χ0) is 18.5. The first-order valence-corrected chi connectivity index (χ1v) is 9.71. The van der Waals surface area contributed by atoms with Crippen molar-refractivity contribution in [3.05, 3.63) is 45.7 Å². The minimum Gasteiger partial charge on any atom is -0.487 e. The van der Waals surface area contributed by atoms with Crippen LogP contribution in [0.5, 0.6) is 5.75 Å². The van der Waals surface area contributed by atoms with Crippen molar-refractivity contribution in [3.8, 4) is 5.75 Å². The Bertz CT molecular complexity index is 711. The lowest BCUT2D eigenvalue weighted by Gasteiger charge is -2.22. The number of halogens is 1. The molecule has 1 unspecified atom stereocenters. The van der Waals surface area contributed by atoms with Gasteiger partial charge >= 0.3 is 0 Å². The quantitative estimate of drug-likeness (QED) is 0.686. The molecule has 0 saturated carbocycles. The highest BCUT2D eigenvalue weighted by molar-refractivity contribution is 9.10. The molecule has 6 nitrogen and oxygen atoms in total. The third kappa shape index (κ3) is 4.46. The van der Waals surface area contributed by atoms with Crippen molar-refractivity contribution in [3.63, 3.8) is 0 Å². The van der Waals surface area contributed by atoms with Crippen LogP contribution >= 0.6 is 15.9 Å². The Morgan fingerprint density at radius 1 is 1.31 bits per heavy atom. The highest BCUT2D eigenvalue weighted by Gasteiger charge is 2.21. The molecule has 142 valence electrons. The van der Waals surface area contributed by atoms with E-state index < -0.39 is 6.29 Å². The summed E-state index contributed by atoms with van der Waals surface area (Å²) in [6, 6.07) is 8.25. The van der Waals surface area contributed by atoms with Crippen LogP contribution in [0.3, 0.4) is 0 Å². The molecule has 1 N–H and O–H groups in total. The number of benzene rings is 1. The third-order valence-corrected chi connectivity index (χ3v) is 5.47. The molecule has 0 radical (unpaired) electrons. The van der Waals surface area contributed by atoms with Crippen LogP contribution in [-0.4, -0.2) is 34.7 Å². The van der Waals surface area contributed by atoms with E-state index in [2.05, 4.69) is 33.2 Å². The standard InChI is InChI=1S/C19H25BrN2O4/c1-3-25-19(23)18-17(20)16(21-22(18)2)12-26-15-6-4-13(5-7-15)14-8-10-24-11-9-14/h4-7,14,19,23H,3,8-12H2,1-2H3. The second kappa shape index (κ2) is 8.99. The molecule has 1 aliphatic heterocycles. The molecule has 1 saturated heterocycles. The average molecular weight is 425 g/mol. The number of rotatable bonds is 7. The van der Waals surface area contributed by atoms with Crippen LogP contribution in [0.1, 0.15) is 48.9 Å². The molecule has 0 aliphatic carbocycles. The van der Waals surface area contributed by atoms with Crippen LogP contribution in [0, 0.1) is 0 Å². The first-order chi connectivity index (χ1) is 12.6. The lowest BCUT2D eigenvalue weighted by Crippen LogP contribution is -2.13. The summed E-state index contributed by atoms with van der Waals surface area (Å²) >= 11 is 3.49. The van der Waals surface area contributed by atoms with Crippen molar-refractivity contribution in [2.24, 2.45) is 7.05 Å². The van der Waals surface area contributed by atoms with Crippen molar-refractivity contribution in [2.45, 2.75) is 38.6 Å². The zero-order valence-electron chi connectivity index (χ0n) is 15.2. The maximum Gasteiger partial charge on any atom is 0.199 e. The van der Waals surface area contributed by atoms with Gasteiger partial charge in [-0.2, -0.15) is 5.10 Å². The topological polar surface area (TPSA) is 65.7 Å². The van der Waals surface area contributed by atoms with Crippen LogP contribution in [0.15, 0.2) is 28.7 Å². The number of aliphatic hydroxyl groups is 1. The molecular formula is C19H25BrN2O4. The summed E-state index contributed by atoms with van der Waals surface area (Å²) < 4.78 is 18.9. The fourth-order valence-electron chi connectivity index (χ4n) is 3.18. The number of ether oxygens (including phenoxy) is 3. The van der Waals surface area contributed by atoms with Gasteiger partial charge in [-0.1, -0.05) is 12.1 Å². The maximum absolute atomic E-state index is 10.1. The number of aliphatic hydroxyl groups excluding tert-OH is 1. The average Bonchev–Trinajstić information content (AvgIpc) is 2.95. The lowest BCUT2D eigenvalue weighted by molar-refractivity contribution is -0.103. The summed E-state index contributed by atoms with van der Waals surface area (Å²) in [6.07, 6.45) is 1.14. The van der Waals surface area contributed by atoms with Gasteiger partial charge in [0.25, 0.3) is 0 Å². The predicted octanol–water partition coefficient (Wildman–Crippen LogP) is 3.68. The second-order valence-electron chi connectivity index (χ2n) is 6.32. The van der Waals surface area contributed by atoms with Gasteiger partial charge in [0.1, 0.15) is 23.7 Å². The smallest absolute Gasteiger partial charge is 0.199 e.